The fourth-order valence-electron chi connectivity index (χ4n) is 2.12. The summed E-state index contributed by atoms with van der Waals surface area (Å²) in [7, 11) is 0. The van der Waals surface area contributed by atoms with E-state index in [1.807, 2.05) is 30.0 Å². The van der Waals surface area contributed by atoms with Crippen LogP contribution in [0.4, 0.5) is 11.4 Å². The van der Waals surface area contributed by atoms with Crippen molar-refractivity contribution < 1.29 is 9.53 Å². The zero-order chi connectivity index (χ0) is 12.3. The van der Waals surface area contributed by atoms with E-state index in [2.05, 4.69) is 0 Å². The van der Waals surface area contributed by atoms with Crippen LogP contribution in [-0.2, 0) is 16.0 Å². The van der Waals surface area contributed by atoms with Gasteiger partial charge in [0.05, 0.1) is 13.0 Å². The number of ether oxygens (including phenoxy) is 1. The van der Waals surface area contributed by atoms with E-state index >= 15 is 0 Å². The molecule has 0 spiro atoms. The number of hydrogen-bond acceptors (Lipinski definition) is 3. The van der Waals surface area contributed by atoms with Crippen molar-refractivity contribution in [3.05, 3.63) is 23.8 Å². The second-order valence-corrected chi connectivity index (χ2v) is 4.13. The first-order chi connectivity index (χ1) is 8.22. The van der Waals surface area contributed by atoms with Crippen LogP contribution < -0.4 is 10.6 Å². The van der Waals surface area contributed by atoms with E-state index in [0.29, 0.717) is 19.6 Å². The van der Waals surface area contributed by atoms with Crippen molar-refractivity contribution >= 4 is 17.3 Å². The summed E-state index contributed by atoms with van der Waals surface area (Å²) in [6.45, 7) is 3.83. The van der Waals surface area contributed by atoms with Gasteiger partial charge in [0.25, 0.3) is 0 Å². The van der Waals surface area contributed by atoms with Crippen molar-refractivity contribution in [1.82, 2.24) is 0 Å². The maximum Gasteiger partial charge on any atom is 0.229 e. The van der Waals surface area contributed by atoms with E-state index in [0.717, 1.165) is 29.9 Å². The summed E-state index contributed by atoms with van der Waals surface area (Å²) < 4.78 is 5.20. The average Bonchev–Trinajstić information content (AvgIpc) is 2.72. The van der Waals surface area contributed by atoms with E-state index < -0.39 is 0 Å². The summed E-state index contributed by atoms with van der Waals surface area (Å²) in [6.07, 6.45) is 1.33. The number of nitrogens with zero attached hydrogens (tertiary/aromatic N) is 1. The molecule has 0 bridgehead atoms. The molecule has 2 N–H and O–H groups in total. The summed E-state index contributed by atoms with van der Waals surface area (Å²) in [4.78, 5) is 13.8. The van der Waals surface area contributed by atoms with Gasteiger partial charge in [-0.15, -0.1) is 0 Å². The van der Waals surface area contributed by atoms with Gasteiger partial charge in [0.15, 0.2) is 0 Å². The Morgan fingerprint density at radius 2 is 2.35 bits per heavy atom. The minimum absolute atomic E-state index is 0.127. The molecule has 0 saturated heterocycles. The molecule has 0 unspecified atom stereocenters. The molecule has 4 heteroatoms. The Morgan fingerprint density at radius 1 is 1.53 bits per heavy atom. The molecule has 4 nitrogen and oxygen atoms in total. The molecule has 0 radical (unpaired) electrons. The van der Waals surface area contributed by atoms with Crippen LogP contribution >= 0.6 is 0 Å². The zero-order valence-electron chi connectivity index (χ0n) is 10.1. The van der Waals surface area contributed by atoms with Crippen LogP contribution in [0.1, 0.15) is 18.9 Å². The van der Waals surface area contributed by atoms with Gasteiger partial charge in [-0.2, -0.15) is 0 Å². The number of nitrogen functional groups attached to an aromatic ring is 1. The average molecular weight is 234 g/mol. The lowest BCUT2D eigenvalue weighted by Gasteiger charge is -2.17. The molecule has 1 aromatic carbocycles. The van der Waals surface area contributed by atoms with Gasteiger partial charge in [-0.05, 0) is 37.1 Å². The van der Waals surface area contributed by atoms with Crippen molar-refractivity contribution in [3.8, 4) is 0 Å². The highest BCUT2D eigenvalue weighted by Crippen LogP contribution is 2.29. The number of hydrogen-bond donors (Lipinski definition) is 1. The molecular weight excluding hydrogens is 216 g/mol. The standard InChI is InChI=1S/C13H18N2O2/c1-2-17-8-6-13(16)15-7-5-10-9-11(14)3-4-12(10)15/h3-4,9H,2,5-8,14H2,1H3. The summed E-state index contributed by atoms with van der Waals surface area (Å²) in [5, 5.41) is 0. The molecule has 0 atom stereocenters. The Balaban J connectivity index is 2.03. The lowest BCUT2D eigenvalue weighted by atomic mass is 10.1. The highest BCUT2D eigenvalue weighted by Gasteiger charge is 2.23. The molecule has 0 aromatic heterocycles. The Bertz CT molecular complexity index is 418. The number of fused-ring (bicyclic) bond motifs is 1. The maximum absolute atomic E-state index is 12.0. The third-order valence-electron chi connectivity index (χ3n) is 2.96. The Labute approximate surface area is 101 Å². The van der Waals surface area contributed by atoms with Crippen molar-refractivity contribution in [2.45, 2.75) is 19.8 Å². The predicted octanol–water partition coefficient (Wildman–Crippen LogP) is 1.58. The van der Waals surface area contributed by atoms with E-state index in [1.165, 1.54) is 0 Å². The normalized spacial score (nSPS) is 13.8. The van der Waals surface area contributed by atoms with E-state index in [1.54, 1.807) is 0 Å². The van der Waals surface area contributed by atoms with Crippen LogP contribution in [0.2, 0.25) is 0 Å². The van der Waals surface area contributed by atoms with E-state index in [9.17, 15) is 4.79 Å². The summed E-state index contributed by atoms with van der Waals surface area (Å²) in [5.74, 6) is 0.127. The summed E-state index contributed by atoms with van der Waals surface area (Å²) >= 11 is 0. The monoisotopic (exact) mass is 234 g/mol. The first kappa shape index (κ1) is 11.9. The number of anilines is 2. The first-order valence-corrected chi connectivity index (χ1v) is 5.99. The largest absolute Gasteiger partial charge is 0.399 e. The molecule has 1 heterocycles. The molecule has 1 amide bonds. The highest BCUT2D eigenvalue weighted by atomic mass is 16.5. The van der Waals surface area contributed by atoms with Crippen LogP contribution in [0.3, 0.4) is 0 Å². The molecule has 0 aliphatic carbocycles. The fourth-order valence-corrected chi connectivity index (χ4v) is 2.12. The van der Waals surface area contributed by atoms with Crippen LogP contribution in [0.15, 0.2) is 18.2 Å². The van der Waals surface area contributed by atoms with E-state index in [-0.39, 0.29) is 5.91 Å². The van der Waals surface area contributed by atoms with Gasteiger partial charge in [-0.3, -0.25) is 4.79 Å². The molecule has 2 rings (SSSR count). The van der Waals surface area contributed by atoms with Crippen LogP contribution in [-0.4, -0.2) is 25.7 Å². The third kappa shape index (κ3) is 2.58. The number of nitrogens with two attached hydrogens (primary N) is 1. The van der Waals surface area contributed by atoms with Gasteiger partial charge in [0.2, 0.25) is 5.91 Å². The number of rotatable bonds is 4. The smallest absolute Gasteiger partial charge is 0.229 e. The van der Waals surface area contributed by atoms with Crippen LogP contribution in [0.5, 0.6) is 0 Å². The number of benzene rings is 1. The maximum atomic E-state index is 12.0. The lowest BCUT2D eigenvalue weighted by molar-refractivity contribution is -0.119. The second-order valence-electron chi connectivity index (χ2n) is 4.13. The summed E-state index contributed by atoms with van der Waals surface area (Å²) in [5.41, 5.74) is 8.65. The Morgan fingerprint density at radius 3 is 3.12 bits per heavy atom. The van der Waals surface area contributed by atoms with Crippen molar-refractivity contribution in [2.75, 3.05) is 30.4 Å². The van der Waals surface area contributed by atoms with Gasteiger partial charge in [0, 0.05) is 24.5 Å². The summed E-state index contributed by atoms with van der Waals surface area (Å²) in [6, 6.07) is 5.72. The van der Waals surface area contributed by atoms with Gasteiger partial charge in [-0.25, -0.2) is 0 Å². The molecular formula is C13H18N2O2. The number of amides is 1. The van der Waals surface area contributed by atoms with Gasteiger partial charge >= 0.3 is 0 Å². The van der Waals surface area contributed by atoms with Crippen molar-refractivity contribution in [2.24, 2.45) is 0 Å². The quantitative estimate of drug-likeness (QED) is 0.635. The number of carbonyl (C=O) groups excluding carboxylic acids is 1. The molecule has 0 saturated carbocycles. The second kappa shape index (κ2) is 5.19. The minimum atomic E-state index is 0.127. The number of carbonyl (C=O) groups is 1. The van der Waals surface area contributed by atoms with Gasteiger partial charge in [-0.1, -0.05) is 0 Å². The topological polar surface area (TPSA) is 55.6 Å². The fraction of sp³-hybridized carbons (Fsp3) is 0.462. The molecule has 1 aliphatic rings. The minimum Gasteiger partial charge on any atom is -0.399 e. The van der Waals surface area contributed by atoms with Crippen LogP contribution in [0.25, 0.3) is 0 Å². The Hall–Kier alpha value is -1.55. The van der Waals surface area contributed by atoms with Gasteiger partial charge < -0.3 is 15.4 Å². The lowest BCUT2D eigenvalue weighted by Crippen LogP contribution is -2.29. The van der Waals surface area contributed by atoms with E-state index in [4.69, 9.17) is 10.5 Å². The predicted molar refractivity (Wildman–Crippen MR) is 68.0 cm³/mol. The van der Waals surface area contributed by atoms with Crippen molar-refractivity contribution in [1.29, 1.82) is 0 Å². The van der Waals surface area contributed by atoms with Crippen LogP contribution in [0, 0.1) is 0 Å². The SMILES string of the molecule is CCOCCC(=O)N1CCc2cc(N)ccc21. The molecule has 92 valence electrons. The third-order valence-corrected chi connectivity index (χ3v) is 2.96. The highest BCUT2D eigenvalue weighted by molar-refractivity contribution is 5.95. The van der Waals surface area contributed by atoms with Crippen molar-refractivity contribution in [3.63, 3.8) is 0 Å². The first-order valence-electron chi connectivity index (χ1n) is 5.99. The molecule has 1 aliphatic heterocycles. The van der Waals surface area contributed by atoms with Gasteiger partial charge in [0.1, 0.15) is 0 Å². The Kier molecular flexibility index (Phi) is 3.64. The molecule has 1 aromatic rings. The molecule has 0 fully saturated rings. The zero-order valence-corrected chi connectivity index (χ0v) is 10.1. The molecule has 17 heavy (non-hydrogen) atoms.